The molecule has 1 unspecified atom stereocenters. The van der Waals surface area contributed by atoms with Crippen LogP contribution in [0, 0.1) is 5.41 Å². The molecule has 1 aliphatic heterocycles. The number of rotatable bonds is 4. The molecule has 0 aliphatic carbocycles. The smallest absolute Gasteiger partial charge is 0.157 e. The molecule has 1 atom stereocenters. The van der Waals surface area contributed by atoms with E-state index in [2.05, 4.69) is 46.9 Å². The van der Waals surface area contributed by atoms with E-state index in [-0.39, 0.29) is 11.0 Å². The summed E-state index contributed by atoms with van der Waals surface area (Å²) in [6.45, 7) is 13.7. The number of amidine groups is 1. The lowest BCUT2D eigenvalue weighted by Crippen LogP contribution is -2.47. The van der Waals surface area contributed by atoms with Gasteiger partial charge in [-0.3, -0.25) is 4.99 Å². The monoisotopic (exact) mass is 270 g/mol. The molecule has 0 aromatic rings. The van der Waals surface area contributed by atoms with Gasteiger partial charge in [-0.25, -0.2) is 0 Å². The van der Waals surface area contributed by atoms with E-state index in [9.17, 15) is 0 Å². The highest BCUT2D eigenvalue weighted by Gasteiger charge is 2.30. The SMILES string of the molecule is CCC(CC)(CC)NC1=NC(C(C)(C)C)CCS1. The van der Waals surface area contributed by atoms with Gasteiger partial charge in [0, 0.05) is 11.3 Å². The topological polar surface area (TPSA) is 24.4 Å². The molecule has 0 aromatic heterocycles. The van der Waals surface area contributed by atoms with Crippen molar-refractivity contribution in [3.05, 3.63) is 0 Å². The molecule has 1 heterocycles. The molecule has 1 N–H and O–H groups in total. The van der Waals surface area contributed by atoms with Crippen LogP contribution in [0.3, 0.4) is 0 Å². The number of nitrogens with one attached hydrogen (secondary N) is 1. The molecule has 1 aliphatic rings. The first-order chi connectivity index (χ1) is 8.37. The van der Waals surface area contributed by atoms with Gasteiger partial charge in [0.05, 0.1) is 6.04 Å². The Bertz CT molecular complexity index is 279. The highest BCUT2D eigenvalue weighted by atomic mass is 32.2. The van der Waals surface area contributed by atoms with Gasteiger partial charge in [0.2, 0.25) is 0 Å². The van der Waals surface area contributed by atoms with Crippen molar-refractivity contribution in [2.75, 3.05) is 5.75 Å². The van der Waals surface area contributed by atoms with Crippen molar-refractivity contribution < 1.29 is 0 Å². The Kier molecular flexibility index (Phi) is 5.57. The van der Waals surface area contributed by atoms with Gasteiger partial charge in [0.25, 0.3) is 0 Å². The van der Waals surface area contributed by atoms with Crippen molar-refractivity contribution >= 4 is 16.9 Å². The summed E-state index contributed by atoms with van der Waals surface area (Å²) in [5.74, 6) is 1.20. The van der Waals surface area contributed by atoms with Crippen LogP contribution in [0.1, 0.15) is 67.2 Å². The van der Waals surface area contributed by atoms with E-state index < -0.39 is 0 Å². The molecule has 0 bridgehead atoms. The molecule has 0 spiro atoms. The average Bonchev–Trinajstić information content (AvgIpc) is 2.35. The second-order valence-electron chi connectivity index (χ2n) is 6.42. The van der Waals surface area contributed by atoms with Gasteiger partial charge in [-0.15, -0.1) is 0 Å². The Balaban J connectivity index is 2.80. The van der Waals surface area contributed by atoms with Crippen LogP contribution in [-0.2, 0) is 0 Å². The maximum absolute atomic E-state index is 4.95. The Morgan fingerprint density at radius 3 is 2.17 bits per heavy atom. The van der Waals surface area contributed by atoms with Gasteiger partial charge in [0.15, 0.2) is 5.17 Å². The maximum atomic E-state index is 4.95. The maximum Gasteiger partial charge on any atom is 0.157 e. The molecule has 0 amide bonds. The quantitative estimate of drug-likeness (QED) is 0.816. The van der Waals surface area contributed by atoms with Gasteiger partial charge < -0.3 is 5.32 Å². The Morgan fingerprint density at radius 1 is 1.17 bits per heavy atom. The third kappa shape index (κ3) is 3.91. The second-order valence-corrected chi connectivity index (χ2v) is 7.50. The van der Waals surface area contributed by atoms with E-state index >= 15 is 0 Å². The van der Waals surface area contributed by atoms with Crippen molar-refractivity contribution in [1.29, 1.82) is 0 Å². The number of thioether (sulfide) groups is 1. The third-order valence-electron chi connectivity index (χ3n) is 4.31. The van der Waals surface area contributed by atoms with Crippen LogP contribution < -0.4 is 5.32 Å². The fourth-order valence-corrected chi connectivity index (χ4v) is 3.47. The minimum Gasteiger partial charge on any atom is -0.360 e. The lowest BCUT2D eigenvalue weighted by molar-refractivity contribution is 0.309. The summed E-state index contributed by atoms with van der Waals surface area (Å²) in [6, 6.07) is 0.463. The summed E-state index contributed by atoms with van der Waals surface area (Å²) in [7, 11) is 0. The molecular weight excluding hydrogens is 240 g/mol. The summed E-state index contributed by atoms with van der Waals surface area (Å²) in [4.78, 5) is 4.95. The second kappa shape index (κ2) is 6.31. The fraction of sp³-hybridized carbons (Fsp3) is 0.933. The van der Waals surface area contributed by atoms with Crippen molar-refractivity contribution in [1.82, 2.24) is 5.32 Å². The van der Waals surface area contributed by atoms with Gasteiger partial charge >= 0.3 is 0 Å². The molecule has 106 valence electrons. The minimum atomic E-state index is 0.242. The molecular formula is C15H30N2S. The van der Waals surface area contributed by atoms with Gasteiger partial charge in [-0.05, 0) is 31.1 Å². The normalized spacial score (nSPS) is 21.7. The van der Waals surface area contributed by atoms with Crippen molar-refractivity contribution in [3.63, 3.8) is 0 Å². The van der Waals surface area contributed by atoms with Crippen molar-refractivity contribution in [2.45, 2.75) is 78.8 Å². The molecule has 0 saturated carbocycles. The number of hydrogen-bond acceptors (Lipinski definition) is 3. The summed E-state index contributed by atoms with van der Waals surface area (Å²) >= 11 is 1.89. The Morgan fingerprint density at radius 2 is 1.72 bits per heavy atom. The van der Waals surface area contributed by atoms with Crippen LogP contribution in [0.15, 0.2) is 4.99 Å². The molecule has 2 nitrogen and oxygen atoms in total. The minimum absolute atomic E-state index is 0.242. The van der Waals surface area contributed by atoms with Crippen LogP contribution in [0.5, 0.6) is 0 Å². The van der Waals surface area contributed by atoms with Crippen LogP contribution in [0.4, 0.5) is 0 Å². The van der Waals surface area contributed by atoms with Gasteiger partial charge in [-0.2, -0.15) is 0 Å². The zero-order valence-corrected chi connectivity index (χ0v) is 13.8. The molecule has 18 heavy (non-hydrogen) atoms. The van der Waals surface area contributed by atoms with E-state index in [0.717, 1.165) is 0 Å². The molecule has 0 aromatic carbocycles. The van der Waals surface area contributed by atoms with E-state index in [1.807, 2.05) is 11.8 Å². The Hall–Kier alpha value is -0.180. The molecule has 0 saturated heterocycles. The Labute approximate surface area is 117 Å². The average molecular weight is 270 g/mol. The first-order valence-corrected chi connectivity index (χ1v) is 8.34. The largest absolute Gasteiger partial charge is 0.360 e. The third-order valence-corrected chi connectivity index (χ3v) is 5.23. The van der Waals surface area contributed by atoms with Crippen LogP contribution in [0.25, 0.3) is 0 Å². The van der Waals surface area contributed by atoms with Gasteiger partial charge in [-0.1, -0.05) is 53.3 Å². The number of hydrogen-bond donors (Lipinski definition) is 1. The highest BCUT2D eigenvalue weighted by molar-refractivity contribution is 8.13. The molecule has 1 rings (SSSR count). The predicted octanol–water partition coefficient (Wildman–Crippen LogP) is 4.45. The lowest BCUT2D eigenvalue weighted by Gasteiger charge is -2.37. The number of aliphatic imine (C=N–C) groups is 1. The van der Waals surface area contributed by atoms with E-state index in [4.69, 9.17) is 4.99 Å². The standard InChI is InChI=1S/C15H30N2S/c1-7-15(8-2,9-3)17-13-16-12(10-11-18-13)14(4,5)6/h12H,7-11H2,1-6H3,(H,16,17). The van der Waals surface area contributed by atoms with Crippen molar-refractivity contribution in [3.8, 4) is 0 Å². The van der Waals surface area contributed by atoms with E-state index in [1.54, 1.807) is 0 Å². The van der Waals surface area contributed by atoms with Gasteiger partial charge in [0.1, 0.15) is 0 Å². The number of nitrogens with zero attached hydrogens (tertiary/aromatic N) is 1. The van der Waals surface area contributed by atoms with Crippen LogP contribution in [0.2, 0.25) is 0 Å². The predicted molar refractivity (Wildman–Crippen MR) is 84.5 cm³/mol. The summed E-state index contributed by atoms with van der Waals surface area (Å²) in [6.07, 6.45) is 4.70. The molecule has 0 radical (unpaired) electrons. The molecule has 3 heteroatoms. The van der Waals surface area contributed by atoms with Crippen LogP contribution in [-0.4, -0.2) is 22.5 Å². The molecule has 0 fully saturated rings. The van der Waals surface area contributed by atoms with E-state index in [1.165, 1.54) is 36.6 Å². The van der Waals surface area contributed by atoms with E-state index in [0.29, 0.717) is 6.04 Å². The van der Waals surface area contributed by atoms with Crippen molar-refractivity contribution in [2.24, 2.45) is 10.4 Å². The zero-order chi connectivity index (χ0) is 13.8. The highest BCUT2D eigenvalue weighted by Crippen LogP contribution is 2.31. The first kappa shape index (κ1) is 15.9. The summed E-state index contributed by atoms with van der Waals surface area (Å²) in [5, 5.41) is 4.91. The zero-order valence-electron chi connectivity index (χ0n) is 13.0. The summed E-state index contributed by atoms with van der Waals surface area (Å²) < 4.78 is 0. The lowest BCUT2D eigenvalue weighted by atomic mass is 9.85. The fourth-order valence-electron chi connectivity index (χ4n) is 2.45. The summed E-state index contributed by atoms with van der Waals surface area (Å²) in [5.41, 5.74) is 0.521. The van der Waals surface area contributed by atoms with Crippen LogP contribution >= 0.6 is 11.8 Å². The first-order valence-electron chi connectivity index (χ1n) is 7.35.